The maximum atomic E-state index is 11.3. The quantitative estimate of drug-likeness (QED) is 0.564. The van der Waals surface area contributed by atoms with E-state index in [0.717, 1.165) is 5.01 Å². The molecule has 7 nitrogen and oxygen atoms in total. The highest BCUT2D eigenvalue weighted by Gasteiger charge is 2.15. The van der Waals surface area contributed by atoms with Crippen LogP contribution in [0.25, 0.3) is 0 Å². The molecule has 0 bridgehead atoms. The molecule has 0 unspecified atom stereocenters. The standard InChI is InChI=1S/C9H16N2O4.H2O/c1-4-7-11(9(13)15-6-3)10-8(12)14-5-2;/h4H,1,5-7H2,2-3H3,(H,10,12);1H2. The molecule has 0 spiro atoms. The third-order valence-electron chi connectivity index (χ3n) is 1.30. The second-order valence-corrected chi connectivity index (χ2v) is 2.43. The van der Waals surface area contributed by atoms with E-state index in [0.29, 0.717) is 0 Å². The monoisotopic (exact) mass is 234 g/mol. The maximum Gasteiger partial charge on any atom is 0.429 e. The molecule has 0 aromatic heterocycles. The van der Waals surface area contributed by atoms with Gasteiger partial charge in [0.05, 0.1) is 19.8 Å². The van der Waals surface area contributed by atoms with Crippen molar-refractivity contribution in [2.24, 2.45) is 0 Å². The Morgan fingerprint density at radius 2 is 1.88 bits per heavy atom. The topological polar surface area (TPSA) is 99.4 Å². The highest BCUT2D eigenvalue weighted by molar-refractivity contribution is 5.74. The Bertz CT molecular complexity index is 232. The lowest BCUT2D eigenvalue weighted by Gasteiger charge is -2.20. The van der Waals surface area contributed by atoms with Crippen molar-refractivity contribution < 1.29 is 24.5 Å². The molecule has 0 aliphatic heterocycles. The molecule has 0 radical (unpaired) electrons. The largest absolute Gasteiger partial charge is 0.449 e. The van der Waals surface area contributed by atoms with Crippen LogP contribution in [0.4, 0.5) is 9.59 Å². The summed E-state index contributed by atoms with van der Waals surface area (Å²) in [7, 11) is 0. The first-order valence-electron chi connectivity index (χ1n) is 4.64. The van der Waals surface area contributed by atoms with Gasteiger partial charge in [-0.25, -0.2) is 20.0 Å². The molecule has 0 atom stereocenters. The summed E-state index contributed by atoms with van der Waals surface area (Å²) in [4.78, 5) is 22.3. The predicted molar refractivity (Wildman–Crippen MR) is 57.7 cm³/mol. The second-order valence-electron chi connectivity index (χ2n) is 2.43. The summed E-state index contributed by atoms with van der Waals surface area (Å²) in [6.45, 7) is 7.41. The normalized spacial score (nSPS) is 8.38. The summed E-state index contributed by atoms with van der Waals surface area (Å²) in [6.07, 6.45) is 0.112. The minimum Gasteiger partial charge on any atom is -0.449 e. The maximum absolute atomic E-state index is 11.3. The van der Waals surface area contributed by atoms with Crippen molar-refractivity contribution in [2.45, 2.75) is 13.8 Å². The smallest absolute Gasteiger partial charge is 0.429 e. The van der Waals surface area contributed by atoms with Crippen LogP contribution >= 0.6 is 0 Å². The molecule has 16 heavy (non-hydrogen) atoms. The molecule has 3 N–H and O–H groups in total. The van der Waals surface area contributed by atoms with Crippen molar-refractivity contribution in [3.63, 3.8) is 0 Å². The Labute approximate surface area is 94.3 Å². The Morgan fingerprint density at radius 3 is 2.31 bits per heavy atom. The Hall–Kier alpha value is -1.76. The molecule has 0 aromatic carbocycles. The zero-order valence-electron chi connectivity index (χ0n) is 9.49. The van der Waals surface area contributed by atoms with Gasteiger partial charge in [0.25, 0.3) is 0 Å². The molecule has 0 saturated heterocycles. The number of hydrogen-bond donors (Lipinski definition) is 1. The highest BCUT2D eigenvalue weighted by Crippen LogP contribution is 1.91. The lowest BCUT2D eigenvalue weighted by molar-refractivity contribution is 0.0791. The van der Waals surface area contributed by atoms with Gasteiger partial charge in [0, 0.05) is 0 Å². The van der Waals surface area contributed by atoms with Crippen LogP contribution in [-0.4, -0.2) is 42.4 Å². The van der Waals surface area contributed by atoms with Gasteiger partial charge in [-0.1, -0.05) is 6.08 Å². The van der Waals surface area contributed by atoms with Gasteiger partial charge in [-0.15, -0.1) is 6.58 Å². The molecule has 0 aliphatic carbocycles. The summed E-state index contributed by atoms with van der Waals surface area (Å²) >= 11 is 0. The van der Waals surface area contributed by atoms with Crippen LogP contribution in [0.1, 0.15) is 13.8 Å². The molecule has 0 aromatic rings. The van der Waals surface area contributed by atoms with Crippen molar-refractivity contribution >= 4 is 12.2 Å². The van der Waals surface area contributed by atoms with Crippen molar-refractivity contribution in [3.8, 4) is 0 Å². The third-order valence-corrected chi connectivity index (χ3v) is 1.30. The van der Waals surface area contributed by atoms with E-state index in [-0.39, 0.29) is 25.2 Å². The molecule has 0 fully saturated rings. The summed E-state index contributed by atoms with van der Waals surface area (Å²) in [5.41, 5.74) is 2.23. The van der Waals surface area contributed by atoms with Crippen LogP contribution in [0.5, 0.6) is 0 Å². The van der Waals surface area contributed by atoms with Crippen molar-refractivity contribution in [1.82, 2.24) is 10.4 Å². The molecule has 0 saturated carbocycles. The van der Waals surface area contributed by atoms with Crippen LogP contribution in [0.3, 0.4) is 0 Å². The molecule has 0 aliphatic rings. The van der Waals surface area contributed by atoms with E-state index in [2.05, 4.69) is 16.7 Å². The number of ether oxygens (including phenoxy) is 2. The van der Waals surface area contributed by atoms with Crippen LogP contribution < -0.4 is 5.43 Å². The number of carbonyl (C=O) groups excluding carboxylic acids is 2. The number of carbonyl (C=O) groups is 2. The average Bonchev–Trinajstić information content (AvgIpc) is 2.18. The molecular formula is C9H18N2O5. The summed E-state index contributed by atoms with van der Waals surface area (Å²) in [5.74, 6) is 0. The SMILES string of the molecule is C=CCN(NC(=O)OCC)C(=O)OCC.O. The van der Waals surface area contributed by atoms with Gasteiger partial charge in [-0.3, -0.25) is 0 Å². The van der Waals surface area contributed by atoms with Crippen molar-refractivity contribution in [3.05, 3.63) is 12.7 Å². The van der Waals surface area contributed by atoms with Crippen molar-refractivity contribution in [1.29, 1.82) is 0 Å². The number of nitrogens with one attached hydrogen (secondary N) is 1. The Morgan fingerprint density at radius 1 is 1.31 bits per heavy atom. The first kappa shape index (κ1) is 16.7. The van der Waals surface area contributed by atoms with Crippen LogP contribution in [-0.2, 0) is 9.47 Å². The van der Waals surface area contributed by atoms with Gasteiger partial charge < -0.3 is 14.9 Å². The number of rotatable bonds is 4. The fourth-order valence-electron chi connectivity index (χ4n) is 0.770. The molecule has 2 amide bonds. The fourth-order valence-corrected chi connectivity index (χ4v) is 0.770. The molecule has 0 rings (SSSR count). The van der Waals surface area contributed by atoms with Gasteiger partial charge in [-0.05, 0) is 13.8 Å². The van der Waals surface area contributed by atoms with E-state index in [9.17, 15) is 9.59 Å². The first-order chi connectivity index (χ1) is 7.15. The minimum atomic E-state index is -0.701. The Kier molecular flexibility index (Phi) is 10.2. The summed E-state index contributed by atoms with van der Waals surface area (Å²) in [5, 5.41) is 0.981. The lowest BCUT2D eigenvalue weighted by atomic mass is 10.6. The molecule has 94 valence electrons. The lowest BCUT2D eigenvalue weighted by Crippen LogP contribution is -2.46. The van der Waals surface area contributed by atoms with E-state index in [1.165, 1.54) is 6.08 Å². The number of nitrogens with zero attached hydrogens (tertiary/aromatic N) is 1. The van der Waals surface area contributed by atoms with E-state index in [4.69, 9.17) is 4.74 Å². The second kappa shape index (κ2) is 9.78. The van der Waals surface area contributed by atoms with Gasteiger partial charge >= 0.3 is 12.2 Å². The third kappa shape index (κ3) is 6.66. The number of amides is 2. The summed E-state index contributed by atoms with van der Waals surface area (Å²) in [6, 6.07) is 0. The van der Waals surface area contributed by atoms with Gasteiger partial charge in [-0.2, -0.15) is 0 Å². The Balaban J connectivity index is 0. The minimum absolute atomic E-state index is 0. The van der Waals surface area contributed by atoms with Gasteiger partial charge in [0.1, 0.15) is 0 Å². The fraction of sp³-hybridized carbons (Fsp3) is 0.556. The van der Waals surface area contributed by atoms with Crippen LogP contribution in [0.2, 0.25) is 0 Å². The number of hydrazine groups is 1. The van der Waals surface area contributed by atoms with E-state index in [1.807, 2.05) is 0 Å². The van der Waals surface area contributed by atoms with E-state index < -0.39 is 12.2 Å². The number of hydrogen-bond acceptors (Lipinski definition) is 4. The van der Waals surface area contributed by atoms with Gasteiger partial charge in [0.2, 0.25) is 0 Å². The zero-order valence-corrected chi connectivity index (χ0v) is 9.49. The molecular weight excluding hydrogens is 216 g/mol. The average molecular weight is 234 g/mol. The first-order valence-corrected chi connectivity index (χ1v) is 4.64. The predicted octanol–water partition coefficient (Wildman–Crippen LogP) is 0.467. The molecule has 7 heteroatoms. The van der Waals surface area contributed by atoms with E-state index >= 15 is 0 Å². The van der Waals surface area contributed by atoms with Gasteiger partial charge in [0.15, 0.2) is 0 Å². The van der Waals surface area contributed by atoms with Crippen molar-refractivity contribution in [2.75, 3.05) is 19.8 Å². The highest BCUT2D eigenvalue weighted by atomic mass is 16.6. The van der Waals surface area contributed by atoms with E-state index in [1.54, 1.807) is 13.8 Å². The van der Waals surface area contributed by atoms with Crippen LogP contribution in [0.15, 0.2) is 12.7 Å². The zero-order chi connectivity index (χ0) is 11.7. The summed E-state index contributed by atoms with van der Waals surface area (Å²) < 4.78 is 9.32. The van der Waals surface area contributed by atoms with Crippen LogP contribution in [0, 0.1) is 0 Å². The molecule has 0 heterocycles.